The molecule has 110 valence electrons. The highest BCUT2D eigenvalue weighted by Gasteiger charge is 2.32. The lowest BCUT2D eigenvalue weighted by atomic mass is 10.3. The van der Waals surface area contributed by atoms with Gasteiger partial charge in [0, 0.05) is 38.8 Å². The Morgan fingerprint density at radius 3 is 2.70 bits per heavy atom. The Bertz CT molecular complexity index is 455. The molecule has 2 fully saturated rings. The van der Waals surface area contributed by atoms with Gasteiger partial charge < -0.3 is 10.2 Å². The summed E-state index contributed by atoms with van der Waals surface area (Å²) in [6.07, 6.45) is 4.92. The molecule has 1 saturated carbocycles. The number of nitrogens with one attached hydrogen (secondary N) is 1. The van der Waals surface area contributed by atoms with E-state index < -0.39 is 0 Å². The summed E-state index contributed by atoms with van der Waals surface area (Å²) >= 11 is 0. The largest absolute Gasteiger partial charge is 0.354 e. The van der Waals surface area contributed by atoms with Gasteiger partial charge in [-0.05, 0) is 19.3 Å². The lowest BCUT2D eigenvalue weighted by Crippen LogP contribution is -2.47. The molecule has 0 amide bonds. The summed E-state index contributed by atoms with van der Waals surface area (Å²) < 4.78 is 13.9. The second kappa shape index (κ2) is 5.91. The molecule has 1 aromatic rings. The van der Waals surface area contributed by atoms with Crippen LogP contribution in [0.25, 0.3) is 0 Å². The normalized spacial score (nSPS) is 20.2. The Morgan fingerprint density at radius 1 is 1.30 bits per heavy atom. The van der Waals surface area contributed by atoms with Gasteiger partial charge in [0.1, 0.15) is 0 Å². The molecule has 3 rings (SSSR count). The fraction of sp³-hybridized carbons (Fsp3) is 0.714. The van der Waals surface area contributed by atoms with Crippen LogP contribution < -0.4 is 10.2 Å². The van der Waals surface area contributed by atoms with Crippen molar-refractivity contribution >= 4 is 11.8 Å². The lowest BCUT2D eigenvalue weighted by molar-refractivity contribution is 0.247. The van der Waals surface area contributed by atoms with Gasteiger partial charge in [-0.2, -0.15) is 4.98 Å². The highest BCUT2D eigenvalue weighted by Crippen LogP contribution is 2.28. The van der Waals surface area contributed by atoms with Crippen LogP contribution in [-0.2, 0) is 0 Å². The van der Waals surface area contributed by atoms with Crippen molar-refractivity contribution in [2.45, 2.75) is 32.2 Å². The maximum absolute atomic E-state index is 13.9. The van der Waals surface area contributed by atoms with Gasteiger partial charge >= 0.3 is 0 Å². The molecule has 0 radical (unpaired) electrons. The number of aromatic nitrogens is 2. The standard InChI is InChI=1S/C14H22FN5/c1-2-5-16-14-17-10-12(15)13(18-14)20-8-6-19(7-9-20)11-3-4-11/h10-11H,2-9H2,1H3,(H,16,17,18). The average Bonchev–Trinajstić information content (AvgIpc) is 3.31. The molecule has 0 unspecified atom stereocenters. The SMILES string of the molecule is CCCNc1ncc(F)c(N2CCN(C3CC3)CC2)n1. The minimum Gasteiger partial charge on any atom is -0.354 e. The molecular formula is C14H22FN5. The second-order valence-corrected chi connectivity index (χ2v) is 5.55. The molecule has 6 heteroatoms. The third kappa shape index (κ3) is 3.00. The van der Waals surface area contributed by atoms with E-state index in [-0.39, 0.29) is 5.82 Å². The second-order valence-electron chi connectivity index (χ2n) is 5.55. The van der Waals surface area contributed by atoms with Gasteiger partial charge in [-0.1, -0.05) is 6.92 Å². The van der Waals surface area contributed by atoms with Crippen molar-refractivity contribution in [3.8, 4) is 0 Å². The molecule has 0 aromatic carbocycles. The van der Waals surface area contributed by atoms with Crippen LogP contribution in [-0.4, -0.2) is 53.6 Å². The molecule has 20 heavy (non-hydrogen) atoms. The third-order valence-corrected chi connectivity index (χ3v) is 3.94. The fourth-order valence-electron chi connectivity index (χ4n) is 2.64. The van der Waals surface area contributed by atoms with Crippen LogP contribution >= 0.6 is 0 Å². The summed E-state index contributed by atoms with van der Waals surface area (Å²) in [5.41, 5.74) is 0. The van der Waals surface area contributed by atoms with Gasteiger partial charge in [-0.3, -0.25) is 4.90 Å². The number of nitrogens with zero attached hydrogens (tertiary/aromatic N) is 4. The molecular weight excluding hydrogens is 257 g/mol. The lowest BCUT2D eigenvalue weighted by Gasteiger charge is -2.35. The van der Waals surface area contributed by atoms with Gasteiger partial charge in [0.2, 0.25) is 5.95 Å². The Hall–Kier alpha value is -1.43. The number of hydrogen-bond acceptors (Lipinski definition) is 5. The number of halogens is 1. The summed E-state index contributed by atoms with van der Waals surface area (Å²) in [7, 11) is 0. The Balaban J connectivity index is 1.66. The first kappa shape index (κ1) is 13.5. The van der Waals surface area contributed by atoms with Crippen LogP contribution in [0.4, 0.5) is 16.2 Å². The Kier molecular flexibility index (Phi) is 4.00. The minimum atomic E-state index is -0.327. The zero-order valence-corrected chi connectivity index (χ0v) is 12.0. The smallest absolute Gasteiger partial charge is 0.224 e. The van der Waals surface area contributed by atoms with Crippen LogP contribution in [0.2, 0.25) is 0 Å². The van der Waals surface area contributed by atoms with E-state index in [0.717, 1.165) is 45.2 Å². The zero-order chi connectivity index (χ0) is 13.9. The van der Waals surface area contributed by atoms with E-state index >= 15 is 0 Å². The molecule has 1 aromatic heterocycles. The predicted molar refractivity (Wildman–Crippen MR) is 77.6 cm³/mol. The van der Waals surface area contributed by atoms with Gasteiger partial charge in [0.05, 0.1) is 6.20 Å². The van der Waals surface area contributed by atoms with Crippen molar-refractivity contribution in [2.24, 2.45) is 0 Å². The molecule has 2 aliphatic rings. The summed E-state index contributed by atoms with van der Waals surface area (Å²) in [6.45, 7) is 6.59. The highest BCUT2D eigenvalue weighted by atomic mass is 19.1. The number of rotatable bonds is 5. The van der Waals surface area contributed by atoms with E-state index in [1.54, 1.807) is 0 Å². The molecule has 0 bridgehead atoms. The van der Waals surface area contributed by atoms with Crippen LogP contribution in [0, 0.1) is 5.82 Å². The third-order valence-electron chi connectivity index (χ3n) is 3.94. The molecule has 1 saturated heterocycles. The van der Waals surface area contributed by atoms with Crippen LogP contribution in [0.5, 0.6) is 0 Å². The van der Waals surface area contributed by atoms with Crippen LogP contribution in [0.3, 0.4) is 0 Å². The van der Waals surface area contributed by atoms with Gasteiger partial charge in [0.15, 0.2) is 11.6 Å². The monoisotopic (exact) mass is 279 g/mol. The summed E-state index contributed by atoms with van der Waals surface area (Å²) in [4.78, 5) is 12.9. The van der Waals surface area contributed by atoms with Crippen molar-refractivity contribution in [1.29, 1.82) is 0 Å². The van der Waals surface area contributed by atoms with E-state index in [9.17, 15) is 4.39 Å². The summed E-state index contributed by atoms with van der Waals surface area (Å²) in [6, 6.07) is 0.786. The van der Waals surface area contributed by atoms with Crippen molar-refractivity contribution in [2.75, 3.05) is 42.9 Å². The van der Waals surface area contributed by atoms with Crippen molar-refractivity contribution in [1.82, 2.24) is 14.9 Å². The molecule has 1 aliphatic heterocycles. The minimum absolute atomic E-state index is 0.327. The number of hydrogen-bond donors (Lipinski definition) is 1. The van der Waals surface area contributed by atoms with E-state index in [0.29, 0.717) is 11.8 Å². The van der Waals surface area contributed by atoms with E-state index in [4.69, 9.17) is 0 Å². The molecule has 1 N–H and O–H groups in total. The first-order valence-corrected chi connectivity index (χ1v) is 7.53. The first-order valence-electron chi connectivity index (χ1n) is 7.53. The topological polar surface area (TPSA) is 44.3 Å². The molecule has 2 heterocycles. The van der Waals surface area contributed by atoms with Gasteiger partial charge in [-0.25, -0.2) is 9.37 Å². The quantitative estimate of drug-likeness (QED) is 0.889. The maximum atomic E-state index is 13.9. The molecule has 0 atom stereocenters. The first-order chi connectivity index (χ1) is 9.78. The highest BCUT2D eigenvalue weighted by molar-refractivity contribution is 5.44. The fourth-order valence-corrected chi connectivity index (χ4v) is 2.64. The molecule has 1 aliphatic carbocycles. The predicted octanol–water partition coefficient (Wildman–Crippen LogP) is 1.72. The molecule has 0 spiro atoms. The van der Waals surface area contributed by atoms with Crippen molar-refractivity contribution < 1.29 is 4.39 Å². The summed E-state index contributed by atoms with van der Waals surface area (Å²) in [5.74, 6) is 0.633. The van der Waals surface area contributed by atoms with E-state index in [1.807, 2.05) is 4.90 Å². The Labute approximate surface area is 119 Å². The summed E-state index contributed by atoms with van der Waals surface area (Å²) in [5, 5.41) is 3.11. The number of anilines is 2. The average molecular weight is 279 g/mol. The molecule has 5 nitrogen and oxygen atoms in total. The van der Waals surface area contributed by atoms with Crippen LogP contribution in [0.1, 0.15) is 26.2 Å². The van der Waals surface area contributed by atoms with Gasteiger partial charge in [0.25, 0.3) is 0 Å². The maximum Gasteiger partial charge on any atom is 0.224 e. The van der Waals surface area contributed by atoms with E-state index in [1.165, 1.54) is 19.0 Å². The zero-order valence-electron chi connectivity index (χ0n) is 12.0. The van der Waals surface area contributed by atoms with Crippen LogP contribution in [0.15, 0.2) is 6.20 Å². The van der Waals surface area contributed by atoms with E-state index in [2.05, 4.69) is 27.1 Å². The number of piperazine rings is 1. The Morgan fingerprint density at radius 2 is 2.05 bits per heavy atom. The van der Waals surface area contributed by atoms with Crippen molar-refractivity contribution in [3.05, 3.63) is 12.0 Å². The van der Waals surface area contributed by atoms with Gasteiger partial charge in [-0.15, -0.1) is 0 Å². The van der Waals surface area contributed by atoms with Crippen molar-refractivity contribution in [3.63, 3.8) is 0 Å².